The van der Waals surface area contributed by atoms with E-state index in [9.17, 15) is 9.59 Å². The van der Waals surface area contributed by atoms with Gasteiger partial charge in [0.2, 0.25) is 5.91 Å². The monoisotopic (exact) mass is 327 g/mol. The fraction of sp³-hybridized carbons (Fsp3) is 0.235. The average molecular weight is 327 g/mol. The lowest BCUT2D eigenvalue weighted by molar-refractivity contribution is -0.121. The van der Waals surface area contributed by atoms with Gasteiger partial charge in [-0.15, -0.1) is 11.3 Å². The average Bonchev–Trinajstić information content (AvgIpc) is 3.23. The van der Waals surface area contributed by atoms with Crippen molar-refractivity contribution in [2.45, 2.75) is 25.8 Å². The minimum Gasteiger partial charge on any atom is -0.349 e. The smallest absolute Gasteiger partial charge is 0.220 e. The summed E-state index contributed by atoms with van der Waals surface area (Å²) in [5, 5.41) is 4.74. The van der Waals surface area contributed by atoms with E-state index in [1.54, 1.807) is 6.20 Å². The largest absolute Gasteiger partial charge is 0.349 e. The van der Waals surface area contributed by atoms with Crippen LogP contribution in [0.4, 0.5) is 0 Å². The molecule has 0 atom stereocenters. The van der Waals surface area contributed by atoms with E-state index in [0.29, 0.717) is 25.8 Å². The van der Waals surface area contributed by atoms with Crippen molar-refractivity contribution < 1.29 is 9.59 Å². The molecular formula is C17H17N3O2S. The van der Waals surface area contributed by atoms with Crippen molar-refractivity contribution in [3.05, 3.63) is 58.8 Å². The number of hydrogen-bond donors (Lipinski definition) is 1. The van der Waals surface area contributed by atoms with Crippen LogP contribution in [0.2, 0.25) is 0 Å². The number of aromatic nitrogens is 2. The van der Waals surface area contributed by atoms with Crippen LogP contribution in [0.3, 0.4) is 0 Å². The third kappa shape index (κ3) is 3.84. The zero-order valence-electron chi connectivity index (χ0n) is 12.6. The maximum atomic E-state index is 11.9. The molecule has 118 valence electrons. The third-order valence-electron chi connectivity index (χ3n) is 3.56. The normalized spacial score (nSPS) is 10.8. The van der Waals surface area contributed by atoms with Crippen molar-refractivity contribution in [1.82, 2.24) is 14.7 Å². The van der Waals surface area contributed by atoms with E-state index in [4.69, 9.17) is 0 Å². The lowest BCUT2D eigenvalue weighted by Crippen LogP contribution is -2.23. The van der Waals surface area contributed by atoms with Crippen molar-refractivity contribution in [1.29, 1.82) is 0 Å². The molecule has 0 aliphatic heterocycles. The number of carbonyl (C=O) groups is 2. The Kier molecular flexibility index (Phi) is 4.83. The number of pyridine rings is 1. The minimum atomic E-state index is -0.0586. The summed E-state index contributed by atoms with van der Waals surface area (Å²) in [7, 11) is 0. The molecular weight excluding hydrogens is 310 g/mol. The first-order valence-electron chi connectivity index (χ1n) is 7.48. The maximum Gasteiger partial charge on any atom is 0.220 e. The molecule has 23 heavy (non-hydrogen) atoms. The highest BCUT2D eigenvalue weighted by molar-refractivity contribution is 7.12. The first kappa shape index (κ1) is 15.4. The van der Waals surface area contributed by atoms with Crippen LogP contribution in [-0.4, -0.2) is 21.1 Å². The first-order chi connectivity index (χ1) is 11.2. The van der Waals surface area contributed by atoms with Gasteiger partial charge in [0.05, 0.1) is 23.1 Å². The van der Waals surface area contributed by atoms with Crippen molar-refractivity contribution in [2.24, 2.45) is 0 Å². The van der Waals surface area contributed by atoms with Crippen molar-refractivity contribution >= 4 is 28.5 Å². The lowest BCUT2D eigenvalue weighted by Gasteiger charge is -2.04. The molecule has 0 aliphatic carbocycles. The Morgan fingerprint density at radius 3 is 2.91 bits per heavy atom. The SMILES string of the molecule is O=C(CCCC(=O)c1cccs1)NCc1ncc2ccccn12. The van der Waals surface area contributed by atoms with E-state index < -0.39 is 0 Å². The highest BCUT2D eigenvalue weighted by Crippen LogP contribution is 2.13. The zero-order chi connectivity index (χ0) is 16.1. The molecule has 5 nitrogen and oxygen atoms in total. The van der Waals surface area contributed by atoms with Gasteiger partial charge in [0, 0.05) is 19.0 Å². The fourth-order valence-corrected chi connectivity index (χ4v) is 3.06. The number of rotatable bonds is 7. The van der Waals surface area contributed by atoms with E-state index in [2.05, 4.69) is 10.3 Å². The van der Waals surface area contributed by atoms with Crippen molar-refractivity contribution in [2.75, 3.05) is 0 Å². The van der Waals surface area contributed by atoms with Crippen LogP contribution in [0.25, 0.3) is 5.52 Å². The third-order valence-corrected chi connectivity index (χ3v) is 4.47. The summed E-state index contributed by atoms with van der Waals surface area (Å²) in [5.41, 5.74) is 0.998. The molecule has 0 radical (unpaired) electrons. The van der Waals surface area contributed by atoms with E-state index in [0.717, 1.165) is 16.2 Å². The molecule has 0 fully saturated rings. The topological polar surface area (TPSA) is 63.5 Å². The molecule has 0 bridgehead atoms. The maximum absolute atomic E-state index is 11.9. The van der Waals surface area contributed by atoms with Crippen LogP contribution in [0.5, 0.6) is 0 Å². The predicted molar refractivity (Wildman–Crippen MR) is 89.5 cm³/mol. The summed E-state index contributed by atoms with van der Waals surface area (Å²) in [6.07, 6.45) is 5.01. The van der Waals surface area contributed by atoms with Crippen LogP contribution in [0, 0.1) is 0 Å². The number of carbonyl (C=O) groups excluding carboxylic acids is 2. The van der Waals surface area contributed by atoms with Gasteiger partial charge in [-0.3, -0.25) is 9.59 Å². The van der Waals surface area contributed by atoms with Crippen molar-refractivity contribution in [3.8, 4) is 0 Å². The number of hydrogen-bond acceptors (Lipinski definition) is 4. The number of thiophene rings is 1. The second-order valence-corrected chi connectivity index (χ2v) is 6.15. The summed E-state index contributed by atoms with van der Waals surface area (Å²) in [6, 6.07) is 9.52. The van der Waals surface area contributed by atoms with Gasteiger partial charge in [-0.2, -0.15) is 0 Å². The molecule has 0 spiro atoms. The van der Waals surface area contributed by atoms with Gasteiger partial charge in [-0.1, -0.05) is 12.1 Å². The molecule has 3 aromatic heterocycles. The highest BCUT2D eigenvalue weighted by atomic mass is 32.1. The zero-order valence-corrected chi connectivity index (χ0v) is 13.4. The van der Waals surface area contributed by atoms with Crippen LogP contribution < -0.4 is 5.32 Å². The number of ketones is 1. The number of amides is 1. The Hall–Kier alpha value is -2.47. The molecule has 0 aromatic carbocycles. The Labute approximate surface area is 138 Å². The Morgan fingerprint density at radius 2 is 2.09 bits per heavy atom. The Bertz CT molecular complexity index is 808. The Morgan fingerprint density at radius 1 is 1.17 bits per heavy atom. The first-order valence-corrected chi connectivity index (χ1v) is 8.36. The van der Waals surface area contributed by atoms with Crippen LogP contribution >= 0.6 is 11.3 Å². The minimum absolute atomic E-state index is 0.0586. The second-order valence-electron chi connectivity index (χ2n) is 5.20. The van der Waals surface area contributed by atoms with Crippen LogP contribution in [0.1, 0.15) is 34.8 Å². The van der Waals surface area contributed by atoms with Gasteiger partial charge in [-0.05, 0) is 30.0 Å². The van der Waals surface area contributed by atoms with Gasteiger partial charge < -0.3 is 9.72 Å². The molecule has 1 amide bonds. The number of nitrogens with zero attached hydrogens (tertiary/aromatic N) is 2. The summed E-state index contributed by atoms with van der Waals surface area (Å²) in [5.74, 6) is 0.840. The molecule has 3 heterocycles. The van der Waals surface area contributed by atoms with E-state index >= 15 is 0 Å². The quantitative estimate of drug-likeness (QED) is 0.678. The standard InChI is InChI=1S/C17H17N3O2S/c21-14(15-7-4-10-23-15)6-3-8-17(22)19-12-16-18-11-13-5-1-2-9-20(13)16/h1-2,4-5,7,9-11H,3,6,8,12H2,(H,19,22). The number of imidazole rings is 1. The molecule has 3 aromatic rings. The molecule has 3 rings (SSSR count). The van der Waals surface area contributed by atoms with Gasteiger partial charge in [0.15, 0.2) is 5.78 Å². The van der Waals surface area contributed by atoms with Gasteiger partial charge in [0.1, 0.15) is 5.82 Å². The molecule has 0 unspecified atom stereocenters. The van der Waals surface area contributed by atoms with Crippen molar-refractivity contribution in [3.63, 3.8) is 0 Å². The predicted octanol–water partition coefficient (Wildman–Crippen LogP) is 3.07. The highest BCUT2D eigenvalue weighted by Gasteiger charge is 2.09. The molecule has 0 aliphatic rings. The molecule has 0 saturated carbocycles. The van der Waals surface area contributed by atoms with Gasteiger partial charge in [0.25, 0.3) is 0 Å². The molecule has 6 heteroatoms. The van der Waals surface area contributed by atoms with E-state index in [1.165, 1.54) is 11.3 Å². The van der Waals surface area contributed by atoms with E-state index in [1.807, 2.05) is 46.3 Å². The number of fused-ring (bicyclic) bond motifs is 1. The second kappa shape index (κ2) is 7.19. The fourth-order valence-electron chi connectivity index (χ4n) is 2.37. The van der Waals surface area contributed by atoms with Crippen LogP contribution in [-0.2, 0) is 11.3 Å². The van der Waals surface area contributed by atoms with Crippen LogP contribution in [0.15, 0.2) is 48.1 Å². The summed E-state index contributed by atoms with van der Waals surface area (Å²) < 4.78 is 1.95. The molecule has 1 N–H and O–H groups in total. The number of Topliss-reactive ketones (excluding diaryl/α,β-unsaturated/α-hetero) is 1. The van der Waals surface area contributed by atoms with Gasteiger partial charge in [-0.25, -0.2) is 4.98 Å². The van der Waals surface area contributed by atoms with Gasteiger partial charge >= 0.3 is 0 Å². The summed E-state index contributed by atoms with van der Waals surface area (Å²) >= 11 is 1.44. The molecule has 0 saturated heterocycles. The Balaban J connectivity index is 1.44. The summed E-state index contributed by atoms with van der Waals surface area (Å²) in [6.45, 7) is 0.385. The lowest BCUT2D eigenvalue weighted by atomic mass is 10.1. The summed E-state index contributed by atoms with van der Waals surface area (Å²) in [4.78, 5) is 28.8. The number of nitrogens with one attached hydrogen (secondary N) is 1. The van der Waals surface area contributed by atoms with E-state index in [-0.39, 0.29) is 11.7 Å².